The number of nitrogens with one attached hydrogen (secondary N) is 1. The van der Waals surface area contributed by atoms with Crippen molar-refractivity contribution in [3.8, 4) is 5.75 Å². The third-order valence-corrected chi connectivity index (χ3v) is 3.43. The molecule has 0 aliphatic heterocycles. The molecule has 0 aliphatic carbocycles. The van der Waals surface area contributed by atoms with Crippen molar-refractivity contribution in [2.75, 3.05) is 14.2 Å². The second-order valence-corrected chi connectivity index (χ2v) is 5.11. The molecule has 0 aromatic heterocycles. The first-order chi connectivity index (χ1) is 9.54. The Hall–Kier alpha value is -1.55. The number of ether oxygens (including phenoxy) is 2. The highest BCUT2D eigenvalue weighted by Crippen LogP contribution is 2.27. The zero-order chi connectivity index (χ0) is 15.1. The standard InChI is InChI=1S/C16H25NO3/c1-6-13(12-9-7-8-10-14(12)19-4)17-15(11(2)3)16(18)20-5/h7-11,13,15,17H,6H2,1-5H3. The summed E-state index contributed by atoms with van der Waals surface area (Å²) < 4.78 is 10.3. The molecule has 1 N–H and O–H groups in total. The number of hydrogen-bond acceptors (Lipinski definition) is 4. The Kier molecular flexibility index (Phi) is 6.52. The van der Waals surface area contributed by atoms with Crippen LogP contribution in [-0.4, -0.2) is 26.2 Å². The van der Waals surface area contributed by atoms with Crippen LogP contribution in [-0.2, 0) is 9.53 Å². The van der Waals surface area contributed by atoms with E-state index < -0.39 is 0 Å². The molecule has 0 saturated heterocycles. The van der Waals surface area contributed by atoms with E-state index in [9.17, 15) is 4.79 Å². The van der Waals surface area contributed by atoms with E-state index in [1.807, 2.05) is 38.1 Å². The van der Waals surface area contributed by atoms with Gasteiger partial charge < -0.3 is 9.47 Å². The maximum Gasteiger partial charge on any atom is 0.323 e. The third-order valence-electron chi connectivity index (χ3n) is 3.43. The van der Waals surface area contributed by atoms with Crippen molar-refractivity contribution in [1.82, 2.24) is 5.32 Å². The fraction of sp³-hybridized carbons (Fsp3) is 0.562. The Morgan fingerprint density at radius 3 is 2.40 bits per heavy atom. The molecule has 0 spiro atoms. The Morgan fingerprint density at radius 1 is 1.25 bits per heavy atom. The average molecular weight is 279 g/mol. The summed E-state index contributed by atoms with van der Waals surface area (Å²) in [5.41, 5.74) is 1.06. The van der Waals surface area contributed by atoms with Gasteiger partial charge in [0.05, 0.1) is 14.2 Å². The van der Waals surface area contributed by atoms with Gasteiger partial charge in [-0.2, -0.15) is 0 Å². The summed E-state index contributed by atoms with van der Waals surface area (Å²) in [6.07, 6.45) is 0.862. The van der Waals surface area contributed by atoms with E-state index >= 15 is 0 Å². The van der Waals surface area contributed by atoms with Crippen molar-refractivity contribution in [2.45, 2.75) is 39.3 Å². The van der Waals surface area contributed by atoms with Crippen molar-refractivity contribution in [3.05, 3.63) is 29.8 Å². The zero-order valence-corrected chi connectivity index (χ0v) is 13.0. The minimum absolute atomic E-state index is 0.0534. The molecule has 4 heteroatoms. The summed E-state index contributed by atoms with van der Waals surface area (Å²) in [6.45, 7) is 6.09. The lowest BCUT2D eigenvalue weighted by Gasteiger charge is -2.27. The Morgan fingerprint density at radius 2 is 1.90 bits per heavy atom. The van der Waals surface area contributed by atoms with Crippen molar-refractivity contribution in [1.29, 1.82) is 0 Å². The number of benzene rings is 1. The first kappa shape index (κ1) is 16.5. The van der Waals surface area contributed by atoms with Crippen LogP contribution in [0, 0.1) is 5.92 Å². The van der Waals surface area contributed by atoms with E-state index in [1.165, 1.54) is 7.11 Å². The number of hydrogen-bond donors (Lipinski definition) is 1. The third kappa shape index (κ3) is 3.97. The fourth-order valence-corrected chi connectivity index (χ4v) is 2.26. The van der Waals surface area contributed by atoms with E-state index in [4.69, 9.17) is 9.47 Å². The molecule has 0 radical (unpaired) electrons. The first-order valence-corrected chi connectivity index (χ1v) is 7.01. The lowest BCUT2D eigenvalue weighted by molar-refractivity contribution is -0.144. The van der Waals surface area contributed by atoms with Crippen molar-refractivity contribution in [3.63, 3.8) is 0 Å². The normalized spacial score (nSPS) is 13.9. The van der Waals surface area contributed by atoms with E-state index in [1.54, 1.807) is 7.11 Å². The molecule has 1 aromatic carbocycles. The minimum Gasteiger partial charge on any atom is -0.496 e. The number of esters is 1. The molecule has 112 valence electrons. The summed E-state index contributed by atoms with van der Waals surface area (Å²) in [5, 5.41) is 3.39. The lowest BCUT2D eigenvalue weighted by Crippen LogP contribution is -2.43. The van der Waals surface area contributed by atoms with Crippen LogP contribution in [0.15, 0.2) is 24.3 Å². The molecule has 0 aliphatic rings. The van der Waals surface area contributed by atoms with Crippen LogP contribution >= 0.6 is 0 Å². The van der Waals surface area contributed by atoms with Crippen molar-refractivity contribution in [2.24, 2.45) is 5.92 Å². The van der Waals surface area contributed by atoms with Crippen LogP contribution in [0.5, 0.6) is 5.75 Å². The first-order valence-electron chi connectivity index (χ1n) is 7.01. The molecule has 1 aromatic rings. The van der Waals surface area contributed by atoms with Crippen LogP contribution in [0.1, 0.15) is 38.8 Å². The molecule has 2 unspecified atom stereocenters. The fourth-order valence-electron chi connectivity index (χ4n) is 2.26. The molecular formula is C16H25NO3. The summed E-state index contributed by atoms with van der Waals surface area (Å²) in [5.74, 6) is 0.763. The number of carbonyl (C=O) groups is 1. The molecule has 2 atom stereocenters. The molecule has 1 rings (SSSR count). The highest BCUT2D eigenvalue weighted by atomic mass is 16.5. The molecule has 20 heavy (non-hydrogen) atoms. The quantitative estimate of drug-likeness (QED) is 0.780. The number of methoxy groups -OCH3 is 2. The largest absolute Gasteiger partial charge is 0.496 e. The van der Waals surface area contributed by atoms with Gasteiger partial charge >= 0.3 is 5.97 Å². The average Bonchev–Trinajstić information content (AvgIpc) is 2.47. The molecular weight excluding hydrogens is 254 g/mol. The van der Waals surface area contributed by atoms with E-state index in [2.05, 4.69) is 12.2 Å². The van der Waals surface area contributed by atoms with Gasteiger partial charge in [0.2, 0.25) is 0 Å². The summed E-state index contributed by atoms with van der Waals surface area (Å²) >= 11 is 0. The number of rotatable bonds is 7. The summed E-state index contributed by atoms with van der Waals surface area (Å²) in [7, 11) is 3.08. The lowest BCUT2D eigenvalue weighted by atomic mass is 9.98. The van der Waals surface area contributed by atoms with Gasteiger partial charge in [-0.05, 0) is 18.4 Å². The molecule has 0 saturated carbocycles. The van der Waals surface area contributed by atoms with E-state index in [0.29, 0.717) is 0 Å². The van der Waals surface area contributed by atoms with Crippen molar-refractivity contribution < 1.29 is 14.3 Å². The number of carbonyl (C=O) groups excluding carboxylic acids is 1. The van der Waals surface area contributed by atoms with Gasteiger partial charge in [0, 0.05) is 11.6 Å². The predicted molar refractivity (Wildman–Crippen MR) is 79.8 cm³/mol. The van der Waals surface area contributed by atoms with Crippen LogP contribution < -0.4 is 10.1 Å². The second kappa shape index (κ2) is 7.90. The Balaban J connectivity index is 2.98. The molecule has 4 nitrogen and oxygen atoms in total. The van der Waals surface area contributed by atoms with Crippen LogP contribution in [0.2, 0.25) is 0 Å². The van der Waals surface area contributed by atoms with E-state index in [-0.39, 0.29) is 24.0 Å². The SMILES string of the molecule is CCC(NC(C(=O)OC)C(C)C)c1ccccc1OC. The monoisotopic (exact) mass is 279 g/mol. The van der Waals surface area contributed by atoms with Crippen molar-refractivity contribution >= 4 is 5.97 Å². The minimum atomic E-state index is -0.324. The molecule has 0 heterocycles. The van der Waals surface area contributed by atoms with Crippen LogP contribution in [0.25, 0.3) is 0 Å². The van der Waals surface area contributed by atoms with Gasteiger partial charge in [0.15, 0.2) is 0 Å². The Bertz CT molecular complexity index is 431. The van der Waals surface area contributed by atoms with Crippen LogP contribution in [0.4, 0.5) is 0 Å². The molecule has 0 amide bonds. The van der Waals surface area contributed by atoms with Gasteiger partial charge in [0.25, 0.3) is 0 Å². The van der Waals surface area contributed by atoms with Gasteiger partial charge in [0.1, 0.15) is 11.8 Å². The van der Waals surface area contributed by atoms with Gasteiger partial charge in [-0.1, -0.05) is 39.0 Å². The zero-order valence-electron chi connectivity index (χ0n) is 13.0. The van der Waals surface area contributed by atoms with E-state index in [0.717, 1.165) is 17.7 Å². The predicted octanol–water partition coefficient (Wildman–Crippen LogP) is 2.93. The van der Waals surface area contributed by atoms with Gasteiger partial charge in [-0.3, -0.25) is 10.1 Å². The highest BCUT2D eigenvalue weighted by molar-refractivity contribution is 5.76. The topological polar surface area (TPSA) is 47.6 Å². The van der Waals surface area contributed by atoms with Crippen LogP contribution in [0.3, 0.4) is 0 Å². The summed E-state index contributed by atoms with van der Waals surface area (Å²) in [6, 6.07) is 7.60. The molecule has 0 fully saturated rings. The Labute approximate surface area is 121 Å². The van der Waals surface area contributed by atoms with Gasteiger partial charge in [-0.15, -0.1) is 0 Å². The number of para-hydroxylation sites is 1. The second-order valence-electron chi connectivity index (χ2n) is 5.11. The maximum absolute atomic E-state index is 11.9. The maximum atomic E-state index is 11.9. The van der Waals surface area contributed by atoms with Gasteiger partial charge in [-0.25, -0.2) is 0 Å². The summed E-state index contributed by atoms with van der Waals surface area (Å²) in [4.78, 5) is 11.9. The smallest absolute Gasteiger partial charge is 0.323 e. The molecule has 0 bridgehead atoms. The highest BCUT2D eigenvalue weighted by Gasteiger charge is 2.26.